The molecular formula is C21H26N4O5S. The number of anilines is 1. The number of likely N-dealkylation sites (N-methyl/N-ethyl adjacent to an activating group) is 1. The molecule has 0 spiro atoms. The zero-order chi connectivity index (χ0) is 22.6. The van der Waals surface area contributed by atoms with Crippen LogP contribution in [-0.2, 0) is 16.4 Å². The zero-order valence-corrected chi connectivity index (χ0v) is 18.4. The SMILES string of the molecule is CCN1CCN(Cc2ccc(NC(=O)c3cc([N+](=O)[O-])cc(S(C)(=O)=O)c3)cc2)CC1. The summed E-state index contributed by atoms with van der Waals surface area (Å²) in [5.41, 5.74) is 1.11. The number of nitro groups is 1. The number of rotatable bonds is 7. The van der Waals surface area contributed by atoms with E-state index in [-0.39, 0.29) is 10.5 Å². The van der Waals surface area contributed by atoms with Crippen molar-refractivity contribution in [1.29, 1.82) is 0 Å². The Kier molecular flexibility index (Phi) is 7.04. The van der Waals surface area contributed by atoms with Gasteiger partial charge < -0.3 is 10.2 Å². The molecule has 0 aliphatic carbocycles. The molecule has 1 heterocycles. The van der Waals surface area contributed by atoms with Crippen molar-refractivity contribution in [2.75, 3.05) is 44.3 Å². The molecule has 0 saturated carbocycles. The lowest BCUT2D eigenvalue weighted by molar-refractivity contribution is -0.385. The molecule has 0 bridgehead atoms. The van der Waals surface area contributed by atoms with Crippen molar-refractivity contribution in [2.24, 2.45) is 0 Å². The third-order valence-corrected chi connectivity index (χ3v) is 6.41. The number of nitrogens with zero attached hydrogens (tertiary/aromatic N) is 3. The molecule has 0 radical (unpaired) electrons. The molecule has 2 aromatic rings. The summed E-state index contributed by atoms with van der Waals surface area (Å²) in [6.45, 7) is 8.21. The van der Waals surface area contributed by atoms with Crippen molar-refractivity contribution in [3.8, 4) is 0 Å². The highest BCUT2D eigenvalue weighted by Gasteiger charge is 2.19. The van der Waals surface area contributed by atoms with E-state index in [0.717, 1.165) is 69.3 Å². The van der Waals surface area contributed by atoms with Gasteiger partial charge in [-0.25, -0.2) is 8.42 Å². The summed E-state index contributed by atoms with van der Waals surface area (Å²) in [5, 5.41) is 13.8. The quantitative estimate of drug-likeness (QED) is 0.513. The van der Waals surface area contributed by atoms with E-state index >= 15 is 0 Å². The van der Waals surface area contributed by atoms with Gasteiger partial charge in [0, 0.05) is 62.4 Å². The highest BCUT2D eigenvalue weighted by molar-refractivity contribution is 7.90. The van der Waals surface area contributed by atoms with Crippen molar-refractivity contribution < 1.29 is 18.1 Å². The first-order valence-electron chi connectivity index (χ1n) is 10.0. The van der Waals surface area contributed by atoms with Crippen molar-refractivity contribution in [1.82, 2.24) is 9.80 Å². The van der Waals surface area contributed by atoms with Crippen LogP contribution in [0.4, 0.5) is 11.4 Å². The van der Waals surface area contributed by atoms with Gasteiger partial charge in [-0.05, 0) is 30.3 Å². The minimum Gasteiger partial charge on any atom is -0.322 e. The molecule has 1 fully saturated rings. The maximum atomic E-state index is 12.6. The van der Waals surface area contributed by atoms with Crippen LogP contribution >= 0.6 is 0 Å². The molecule has 31 heavy (non-hydrogen) atoms. The fourth-order valence-corrected chi connectivity index (χ4v) is 4.13. The predicted molar refractivity (Wildman–Crippen MR) is 118 cm³/mol. The molecule has 0 atom stereocenters. The van der Waals surface area contributed by atoms with E-state index in [4.69, 9.17) is 0 Å². The zero-order valence-electron chi connectivity index (χ0n) is 17.6. The fourth-order valence-electron chi connectivity index (χ4n) is 3.45. The lowest BCUT2D eigenvalue weighted by atomic mass is 10.1. The standard InChI is InChI=1S/C21H26N4O5S/c1-3-23-8-10-24(11-9-23)15-16-4-6-18(7-5-16)22-21(26)17-12-19(25(27)28)14-20(13-17)31(2,29)30/h4-7,12-14H,3,8-11,15H2,1-2H3,(H,22,26). The minimum absolute atomic E-state index is 0.0903. The molecule has 1 aliphatic rings. The number of amides is 1. The first-order chi connectivity index (χ1) is 14.7. The average Bonchev–Trinajstić information content (AvgIpc) is 2.74. The molecule has 0 aromatic heterocycles. The van der Waals surface area contributed by atoms with Gasteiger partial charge in [0.2, 0.25) is 0 Å². The lowest BCUT2D eigenvalue weighted by Gasteiger charge is -2.34. The topological polar surface area (TPSA) is 113 Å². The number of sulfone groups is 1. The normalized spacial score (nSPS) is 15.5. The van der Waals surface area contributed by atoms with Crippen LogP contribution in [0.25, 0.3) is 0 Å². The summed E-state index contributed by atoms with van der Waals surface area (Å²) in [6.07, 6.45) is 0.939. The van der Waals surface area contributed by atoms with Crippen LogP contribution in [0.1, 0.15) is 22.8 Å². The van der Waals surface area contributed by atoms with Gasteiger partial charge in [-0.2, -0.15) is 0 Å². The number of hydrogen-bond donors (Lipinski definition) is 1. The van der Waals surface area contributed by atoms with Gasteiger partial charge in [-0.15, -0.1) is 0 Å². The molecule has 10 heteroatoms. The van der Waals surface area contributed by atoms with E-state index in [9.17, 15) is 23.3 Å². The van der Waals surface area contributed by atoms with Crippen molar-refractivity contribution in [2.45, 2.75) is 18.4 Å². The summed E-state index contributed by atoms with van der Waals surface area (Å²) >= 11 is 0. The molecule has 1 saturated heterocycles. The van der Waals surface area contributed by atoms with E-state index in [2.05, 4.69) is 22.0 Å². The number of benzene rings is 2. The second-order valence-electron chi connectivity index (χ2n) is 7.61. The maximum Gasteiger partial charge on any atom is 0.271 e. The maximum absolute atomic E-state index is 12.6. The second kappa shape index (κ2) is 9.54. The third-order valence-electron chi connectivity index (χ3n) is 5.32. The van der Waals surface area contributed by atoms with E-state index in [1.807, 2.05) is 12.1 Å². The summed E-state index contributed by atoms with van der Waals surface area (Å²) in [6, 6.07) is 10.5. The van der Waals surface area contributed by atoms with E-state index in [1.54, 1.807) is 12.1 Å². The largest absolute Gasteiger partial charge is 0.322 e. The van der Waals surface area contributed by atoms with Gasteiger partial charge in [-0.1, -0.05) is 19.1 Å². The van der Waals surface area contributed by atoms with Gasteiger partial charge in [0.05, 0.1) is 9.82 Å². The van der Waals surface area contributed by atoms with Crippen LogP contribution in [0.2, 0.25) is 0 Å². The van der Waals surface area contributed by atoms with E-state index in [1.165, 1.54) is 0 Å². The van der Waals surface area contributed by atoms with Gasteiger partial charge in [0.15, 0.2) is 9.84 Å². The van der Waals surface area contributed by atoms with Gasteiger partial charge in [-0.3, -0.25) is 19.8 Å². The molecule has 1 amide bonds. The van der Waals surface area contributed by atoms with Crippen molar-refractivity contribution in [3.05, 3.63) is 63.7 Å². The molecule has 166 valence electrons. The van der Waals surface area contributed by atoms with Crippen LogP contribution in [0.3, 0.4) is 0 Å². The summed E-state index contributed by atoms with van der Waals surface area (Å²) in [4.78, 5) is 27.5. The minimum atomic E-state index is -3.70. The number of carbonyl (C=O) groups is 1. The van der Waals surface area contributed by atoms with Crippen LogP contribution in [-0.4, -0.2) is 68.0 Å². The molecule has 1 aliphatic heterocycles. The number of non-ortho nitro benzene ring substituents is 1. The summed E-state index contributed by atoms with van der Waals surface area (Å²) < 4.78 is 23.6. The predicted octanol–water partition coefficient (Wildman–Crippen LogP) is 2.39. The van der Waals surface area contributed by atoms with E-state index < -0.39 is 26.4 Å². The molecular weight excluding hydrogens is 420 g/mol. The van der Waals surface area contributed by atoms with Gasteiger partial charge >= 0.3 is 0 Å². The second-order valence-corrected chi connectivity index (χ2v) is 9.62. The van der Waals surface area contributed by atoms with Crippen LogP contribution in [0, 0.1) is 10.1 Å². The Labute approximate surface area is 181 Å². The number of piperazine rings is 1. The first kappa shape index (κ1) is 22.9. The van der Waals surface area contributed by atoms with Gasteiger partial charge in [0.25, 0.3) is 11.6 Å². The Balaban J connectivity index is 1.68. The molecule has 2 aromatic carbocycles. The van der Waals surface area contributed by atoms with Crippen LogP contribution in [0.5, 0.6) is 0 Å². The molecule has 0 unspecified atom stereocenters. The average molecular weight is 447 g/mol. The van der Waals surface area contributed by atoms with Crippen LogP contribution in [0.15, 0.2) is 47.4 Å². The first-order valence-corrected chi connectivity index (χ1v) is 11.9. The molecule has 1 N–H and O–H groups in total. The Bertz CT molecular complexity index is 1060. The number of hydrogen-bond acceptors (Lipinski definition) is 7. The molecule has 3 rings (SSSR count). The summed E-state index contributed by atoms with van der Waals surface area (Å²) in [5.74, 6) is -0.614. The highest BCUT2D eigenvalue weighted by atomic mass is 32.2. The number of nitro benzene ring substituents is 1. The fraction of sp³-hybridized carbons (Fsp3) is 0.381. The number of carbonyl (C=O) groups excluding carboxylic acids is 1. The Morgan fingerprint density at radius 1 is 1.06 bits per heavy atom. The lowest BCUT2D eigenvalue weighted by Crippen LogP contribution is -2.45. The molecule has 9 nitrogen and oxygen atoms in total. The smallest absolute Gasteiger partial charge is 0.271 e. The third kappa shape index (κ3) is 6.09. The van der Waals surface area contributed by atoms with Crippen molar-refractivity contribution in [3.63, 3.8) is 0 Å². The van der Waals surface area contributed by atoms with Gasteiger partial charge in [0.1, 0.15) is 0 Å². The van der Waals surface area contributed by atoms with Crippen LogP contribution < -0.4 is 5.32 Å². The highest BCUT2D eigenvalue weighted by Crippen LogP contribution is 2.22. The van der Waals surface area contributed by atoms with Crippen molar-refractivity contribution >= 4 is 27.1 Å². The van der Waals surface area contributed by atoms with E-state index in [0.29, 0.717) is 5.69 Å². The Hall–Kier alpha value is -2.82. The monoisotopic (exact) mass is 446 g/mol. The summed E-state index contributed by atoms with van der Waals surface area (Å²) in [7, 11) is -3.70. The Morgan fingerprint density at radius 2 is 1.68 bits per heavy atom. The Morgan fingerprint density at radius 3 is 2.23 bits per heavy atom. The number of nitrogens with one attached hydrogen (secondary N) is 1.